The molecule has 9 heteroatoms. The predicted molar refractivity (Wildman–Crippen MR) is 95.8 cm³/mol. The second-order valence-electron chi connectivity index (χ2n) is 5.70. The van der Waals surface area contributed by atoms with Crippen molar-refractivity contribution in [3.63, 3.8) is 0 Å². The highest BCUT2D eigenvalue weighted by atomic mass is 35.5. The fraction of sp³-hybridized carbons (Fsp3) is 0.467. The highest BCUT2D eigenvalue weighted by molar-refractivity contribution is 6.35. The number of guanidine groups is 2. The zero-order valence-corrected chi connectivity index (χ0v) is 15.1. The summed E-state index contributed by atoms with van der Waals surface area (Å²) in [5, 5.41) is 2.64. The maximum absolute atomic E-state index is 6.08. The first-order valence-corrected chi connectivity index (χ1v) is 8.19. The summed E-state index contributed by atoms with van der Waals surface area (Å²) in [6.07, 6.45) is 0.671. The molecule has 0 aliphatic carbocycles. The van der Waals surface area contributed by atoms with E-state index in [0.717, 1.165) is 5.56 Å². The minimum atomic E-state index is -0.701. The van der Waals surface area contributed by atoms with E-state index in [-0.39, 0.29) is 11.9 Å². The molecule has 0 aromatic heterocycles. The van der Waals surface area contributed by atoms with Crippen LogP contribution in [-0.2, 0) is 16.2 Å². The van der Waals surface area contributed by atoms with Gasteiger partial charge in [-0.2, -0.15) is 10.1 Å². The van der Waals surface area contributed by atoms with Crippen molar-refractivity contribution >= 4 is 35.1 Å². The Balaban J connectivity index is 1.71. The Kier molecular flexibility index (Phi) is 6.28. The number of hydroxylamine groups is 2. The van der Waals surface area contributed by atoms with Crippen LogP contribution in [0.3, 0.4) is 0 Å². The lowest BCUT2D eigenvalue weighted by Gasteiger charge is -2.36. The van der Waals surface area contributed by atoms with E-state index in [1.54, 1.807) is 12.1 Å². The predicted octanol–water partition coefficient (Wildman–Crippen LogP) is 2.51. The average Bonchev–Trinajstić information content (AvgIpc) is 2.45. The highest BCUT2D eigenvalue weighted by Gasteiger charge is 2.32. The monoisotopic (exact) mass is 373 g/mol. The topological polar surface area (TPSA) is 98.5 Å². The van der Waals surface area contributed by atoms with Crippen LogP contribution in [0.15, 0.2) is 28.2 Å². The van der Waals surface area contributed by atoms with Crippen LogP contribution in [0, 0.1) is 0 Å². The van der Waals surface area contributed by atoms with E-state index in [4.69, 9.17) is 44.2 Å². The summed E-state index contributed by atoms with van der Waals surface area (Å²) in [5.74, 6) is 0.321. The number of hydrogen-bond acceptors (Lipinski definition) is 7. The molecule has 0 atom stereocenters. The van der Waals surface area contributed by atoms with E-state index < -0.39 is 5.66 Å². The van der Waals surface area contributed by atoms with E-state index in [1.165, 1.54) is 5.06 Å². The van der Waals surface area contributed by atoms with Gasteiger partial charge in [0.1, 0.15) is 0 Å². The molecule has 0 spiro atoms. The summed E-state index contributed by atoms with van der Waals surface area (Å²) in [7, 11) is 0. The minimum Gasteiger partial charge on any atom is -0.377 e. The van der Waals surface area contributed by atoms with Gasteiger partial charge >= 0.3 is 0 Å². The van der Waals surface area contributed by atoms with Crippen molar-refractivity contribution in [3.8, 4) is 0 Å². The first-order valence-electron chi connectivity index (χ1n) is 7.44. The Morgan fingerprint density at radius 3 is 2.62 bits per heavy atom. The smallest absolute Gasteiger partial charge is 0.226 e. The number of ether oxygens (including phenoxy) is 1. The van der Waals surface area contributed by atoms with Crippen molar-refractivity contribution in [1.82, 2.24) is 5.06 Å². The fourth-order valence-electron chi connectivity index (χ4n) is 2.16. The number of nitrogens with two attached hydrogens (primary N) is 2. The molecule has 132 valence electrons. The molecule has 0 radical (unpaired) electrons. The van der Waals surface area contributed by atoms with Crippen molar-refractivity contribution in [2.24, 2.45) is 21.5 Å². The molecule has 1 heterocycles. The third kappa shape index (κ3) is 4.98. The molecule has 0 bridgehead atoms. The van der Waals surface area contributed by atoms with Crippen LogP contribution in [0.25, 0.3) is 0 Å². The molecule has 1 aromatic carbocycles. The van der Waals surface area contributed by atoms with E-state index in [0.29, 0.717) is 36.3 Å². The lowest BCUT2D eigenvalue weighted by molar-refractivity contribution is -0.160. The molecule has 7 nitrogen and oxygen atoms in total. The van der Waals surface area contributed by atoms with Gasteiger partial charge in [-0.1, -0.05) is 29.3 Å². The van der Waals surface area contributed by atoms with Gasteiger partial charge in [0.2, 0.25) is 11.9 Å². The average molecular weight is 374 g/mol. The number of rotatable bonds is 7. The third-order valence-electron chi connectivity index (χ3n) is 3.25. The Morgan fingerprint density at radius 2 is 1.96 bits per heavy atom. The summed E-state index contributed by atoms with van der Waals surface area (Å²) < 4.78 is 5.59. The molecule has 0 saturated carbocycles. The van der Waals surface area contributed by atoms with Gasteiger partial charge in [-0.15, -0.1) is 0 Å². The van der Waals surface area contributed by atoms with Crippen LogP contribution in [0.1, 0.15) is 25.8 Å². The number of nitrogens with zero attached hydrogens (tertiary/aromatic N) is 3. The lowest BCUT2D eigenvalue weighted by Crippen LogP contribution is -2.53. The summed E-state index contributed by atoms with van der Waals surface area (Å²) in [4.78, 5) is 13.7. The molecule has 0 amide bonds. The molecular formula is C15H21Cl2N5O2. The minimum absolute atomic E-state index is 0.139. The van der Waals surface area contributed by atoms with Gasteiger partial charge in [-0.3, -0.25) is 4.84 Å². The Morgan fingerprint density at radius 1 is 1.21 bits per heavy atom. The van der Waals surface area contributed by atoms with Crippen LogP contribution < -0.4 is 11.5 Å². The maximum Gasteiger partial charge on any atom is 0.226 e. The normalized spacial score (nSPS) is 16.8. The van der Waals surface area contributed by atoms with E-state index in [2.05, 4.69) is 9.98 Å². The van der Waals surface area contributed by atoms with Crippen molar-refractivity contribution in [3.05, 3.63) is 33.8 Å². The Bertz CT molecular complexity index is 649. The van der Waals surface area contributed by atoms with Gasteiger partial charge < -0.3 is 16.2 Å². The zero-order valence-electron chi connectivity index (χ0n) is 13.6. The van der Waals surface area contributed by atoms with Crippen LogP contribution in [-0.4, -0.2) is 35.9 Å². The second-order valence-corrected chi connectivity index (χ2v) is 6.55. The van der Waals surface area contributed by atoms with Gasteiger partial charge in [0, 0.05) is 16.7 Å². The van der Waals surface area contributed by atoms with Crippen molar-refractivity contribution in [1.29, 1.82) is 0 Å². The fourth-order valence-corrected chi connectivity index (χ4v) is 2.62. The number of hydrogen-bond donors (Lipinski definition) is 2. The molecular weight excluding hydrogens is 353 g/mol. The van der Waals surface area contributed by atoms with Gasteiger partial charge in [0.05, 0.1) is 13.2 Å². The van der Waals surface area contributed by atoms with Crippen molar-refractivity contribution in [2.75, 3.05) is 13.2 Å². The first kappa shape index (κ1) is 18.8. The largest absolute Gasteiger partial charge is 0.377 e. The maximum atomic E-state index is 6.08. The van der Waals surface area contributed by atoms with Gasteiger partial charge in [0.15, 0.2) is 5.66 Å². The molecule has 4 N–H and O–H groups in total. The standard InChI is InChI=1S/C15H21Cl2N5O2/c1-15(2)21-13(18)20-14(19)22(15)24-7-3-6-23-9-10-4-5-11(16)8-12(10)17/h4-5,8H,3,6-7,9H2,1-2H3,(H4,18,19,20,21). The molecule has 1 aliphatic rings. The Hall–Kier alpha value is -1.54. The lowest BCUT2D eigenvalue weighted by atomic mass is 10.2. The van der Waals surface area contributed by atoms with Gasteiger partial charge in [-0.05, 0) is 38.0 Å². The van der Waals surface area contributed by atoms with Crippen molar-refractivity contribution in [2.45, 2.75) is 32.5 Å². The van der Waals surface area contributed by atoms with Gasteiger partial charge in [-0.25, -0.2) is 4.99 Å². The Labute approximate surface area is 151 Å². The number of benzene rings is 1. The molecule has 24 heavy (non-hydrogen) atoms. The van der Waals surface area contributed by atoms with E-state index >= 15 is 0 Å². The summed E-state index contributed by atoms with van der Waals surface area (Å²) in [6.45, 7) is 5.00. The highest BCUT2D eigenvalue weighted by Crippen LogP contribution is 2.22. The van der Waals surface area contributed by atoms with Crippen LogP contribution in [0.4, 0.5) is 0 Å². The number of aliphatic imine (C=N–C) groups is 2. The molecule has 0 saturated heterocycles. The zero-order chi connectivity index (χ0) is 17.7. The summed E-state index contributed by atoms with van der Waals surface area (Å²) in [6, 6.07) is 5.32. The summed E-state index contributed by atoms with van der Waals surface area (Å²) >= 11 is 11.9. The van der Waals surface area contributed by atoms with Crippen LogP contribution >= 0.6 is 23.2 Å². The second kappa shape index (κ2) is 8.02. The van der Waals surface area contributed by atoms with Crippen molar-refractivity contribution < 1.29 is 9.57 Å². The molecule has 2 rings (SSSR count). The number of halogens is 2. The molecule has 0 fully saturated rings. The third-order valence-corrected chi connectivity index (χ3v) is 3.84. The summed E-state index contributed by atoms with van der Waals surface area (Å²) in [5.41, 5.74) is 11.6. The van der Waals surface area contributed by atoms with Crippen LogP contribution in [0.2, 0.25) is 10.0 Å². The molecule has 1 aliphatic heterocycles. The molecule has 1 aromatic rings. The van der Waals surface area contributed by atoms with E-state index in [1.807, 2.05) is 19.9 Å². The first-order chi connectivity index (χ1) is 11.3. The van der Waals surface area contributed by atoms with Gasteiger partial charge in [0.25, 0.3) is 0 Å². The van der Waals surface area contributed by atoms with E-state index in [9.17, 15) is 0 Å². The van der Waals surface area contributed by atoms with Crippen LogP contribution in [0.5, 0.6) is 0 Å². The SMILES string of the molecule is CC1(C)N=C(N)N=C(N)N1OCCCOCc1ccc(Cl)cc1Cl. The molecule has 0 unspecified atom stereocenters. The quantitative estimate of drug-likeness (QED) is 0.715.